The summed E-state index contributed by atoms with van der Waals surface area (Å²) in [4.78, 5) is 13.0. The highest BCUT2D eigenvalue weighted by atomic mass is 32.1. The molecule has 0 radical (unpaired) electrons. The summed E-state index contributed by atoms with van der Waals surface area (Å²) in [6.07, 6.45) is 4.13. The molecule has 1 unspecified atom stereocenters. The van der Waals surface area contributed by atoms with Crippen molar-refractivity contribution in [2.24, 2.45) is 11.7 Å². The molecule has 0 spiro atoms. The number of amides is 1. The van der Waals surface area contributed by atoms with E-state index in [1.165, 1.54) is 11.1 Å². The zero-order valence-electron chi connectivity index (χ0n) is 12.8. The smallest absolute Gasteiger partial charge is 0.224 e. The zero-order valence-corrected chi connectivity index (χ0v) is 13.6. The van der Waals surface area contributed by atoms with Gasteiger partial charge in [0.2, 0.25) is 5.91 Å². The fourth-order valence-corrected chi connectivity index (χ4v) is 3.44. The van der Waals surface area contributed by atoms with Gasteiger partial charge in [-0.25, -0.2) is 0 Å². The maximum Gasteiger partial charge on any atom is 0.224 e. The molecule has 0 saturated heterocycles. The summed E-state index contributed by atoms with van der Waals surface area (Å²) < 4.78 is 0. The summed E-state index contributed by atoms with van der Waals surface area (Å²) in [5, 5.41) is 3.12. The van der Waals surface area contributed by atoms with Crippen LogP contribution in [-0.4, -0.2) is 16.4 Å². The molecule has 0 fully saturated rings. The van der Waals surface area contributed by atoms with Crippen LogP contribution in [0.3, 0.4) is 0 Å². The third-order valence-electron chi connectivity index (χ3n) is 4.76. The molecule has 3 N–H and O–H groups in total. The fraction of sp³-hybridized carbons (Fsp3) is 0.529. The molecule has 0 saturated carbocycles. The lowest BCUT2D eigenvalue weighted by Gasteiger charge is -2.34. The molecule has 0 aromatic heterocycles. The van der Waals surface area contributed by atoms with Gasteiger partial charge in [-0.2, -0.15) is 0 Å². The number of nitrogens with one attached hydrogen (secondary N) is 1. The average molecular weight is 304 g/mol. The Morgan fingerprint density at radius 2 is 1.95 bits per heavy atom. The Labute approximate surface area is 132 Å². The molecule has 1 aromatic carbocycles. The van der Waals surface area contributed by atoms with Gasteiger partial charge in [-0.15, -0.1) is 0 Å². The van der Waals surface area contributed by atoms with Gasteiger partial charge >= 0.3 is 0 Å². The molecule has 2 rings (SSSR count). The Hall–Kier alpha value is -1.42. The first-order valence-electron chi connectivity index (χ1n) is 7.71. The summed E-state index contributed by atoms with van der Waals surface area (Å²) in [5.41, 5.74) is 7.98. The van der Waals surface area contributed by atoms with Gasteiger partial charge in [-0.1, -0.05) is 50.3 Å². The van der Waals surface area contributed by atoms with Gasteiger partial charge in [0.05, 0.1) is 10.5 Å². The normalized spacial score (nSPS) is 17.9. The molecule has 0 aliphatic heterocycles. The molecule has 0 heterocycles. The third kappa shape index (κ3) is 3.26. The SMILES string of the molecule is CCC(CC)(NC(=O)C1CCc2ccccc2C1)C(N)=S. The Kier molecular flexibility index (Phi) is 4.99. The number of fused-ring (bicyclic) bond motifs is 1. The largest absolute Gasteiger partial charge is 0.391 e. The van der Waals surface area contributed by atoms with Crippen molar-refractivity contribution in [2.75, 3.05) is 0 Å². The first kappa shape index (κ1) is 16.0. The standard InChI is InChI=1S/C17H24N2OS/c1-3-17(4-2,16(18)21)19-15(20)14-10-9-12-7-5-6-8-13(12)11-14/h5-8,14H,3-4,9-11H2,1-2H3,(H2,18,21)(H,19,20). The van der Waals surface area contributed by atoms with E-state index in [1.54, 1.807) is 0 Å². The monoisotopic (exact) mass is 304 g/mol. The molecule has 4 heteroatoms. The number of nitrogens with two attached hydrogens (primary N) is 1. The minimum atomic E-state index is -0.538. The molecule has 1 atom stereocenters. The Morgan fingerprint density at radius 3 is 2.52 bits per heavy atom. The summed E-state index contributed by atoms with van der Waals surface area (Å²) in [6, 6.07) is 8.37. The van der Waals surface area contributed by atoms with Gasteiger partial charge < -0.3 is 11.1 Å². The van der Waals surface area contributed by atoms with Crippen molar-refractivity contribution in [3.05, 3.63) is 35.4 Å². The van der Waals surface area contributed by atoms with E-state index in [9.17, 15) is 4.79 Å². The van der Waals surface area contributed by atoms with Gasteiger partial charge in [0.15, 0.2) is 0 Å². The fourth-order valence-electron chi connectivity index (χ4n) is 3.10. The summed E-state index contributed by atoms with van der Waals surface area (Å²) in [7, 11) is 0. The van der Waals surface area contributed by atoms with E-state index in [4.69, 9.17) is 18.0 Å². The van der Waals surface area contributed by atoms with Crippen LogP contribution in [0.4, 0.5) is 0 Å². The van der Waals surface area contributed by atoms with Crippen LogP contribution in [0.5, 0.6) is 0 Å². The molecule has 1 aromatic rings. The molecule has 1 amide bonds. The van der Waals surface area contributed by atoms with Gasteiger partial charge in [0.1, 0.15) is 0 Å². The van der Waals surface area contributed by atoms with Gasteiger partial charge in [-0.05, 0) is 43.2 Å². The minimum absolute atomic E-state index is 0.0201. The Balaban J connectivity index is 2.10. The van der Waals surface area contributed by atoms with Crippen LogP contribution in [0.2, 0.25) is 0 Å². The molecule has 1 aliphatic carbocycles. The maximum atomic E-state index is 12.6. The maximum absolute atomic E-state index is 12.6. The summed E-state index contributed by atoms with van der Waals surface area (Å²) >= 11 is 5.17. The van der Waals surface area contributed by atoms with Crippen LogP contribution in [0.15, 0.2) is 24.3 Å². The minimum Gasteiger partial charge on any atom is -0.391 e. The van der Waals surface area contributed by atoms with Crippen molar-refractivity contribution in [3.8, 4) is 0 Å². The Bertz CT molecular complexity index is 537. The Morgan fingerprint density at radius 1 is 1.33 bits per heavy atom. The van der Waals surface area contributed by atoms with Crippen molar-refractivity contribution in [2.45, 2.75) is 51.5 Å². The molecule has 114 valence electrons. The lowest BCUT2D eigenvalue weighted by atomic mass is 9.82. The number of carbonyl (C=O) groups excluding carboxylic acids is 1. The highest BCUT2D eigenvalue weighted by Gasteiger charge is 2.34. The molecular formula is C17H24N2OS. The van der Waals surface area contributed by atoms with Crippen LogP contribution in [0.25, 0.3) is 0 Å². The number of hydrogen-bond donors (Lipinski definition) is 2. The van der Waals surface area contributed by atoms with Crippen LogP contribution in [0.1, 0.15) is 44.2 Å². The van der Waals surface area contributed by atoms with E-state index in [2.05, 4.69) is 23.5 Å². The quantitative estimate of drug-likeness (QED) is 0.822. The second kappa shape index (κ2) is 6.56. The van der Waals surface area contributed by atoms with Crippen molar-refractivity contribution in [1.29, 1.82) is 0 Å². The molecule has 3 nitrogen and oxygen atoms in total. The van der Waals surface area contributed by atoms with Crippen molar-refractivity contribution in [1.82, 2.24) is 5.32 Å². The van der Waals surface area contributed by atoms with Crippen LogP contribution in [0, 0.1) is 5.92 Å². The highest BCUT2D eigenvalue weighted by molar-refractivity contribution is 7.80. The summed E-state index contributed by atoms with van der Waals surface area (Å²) in [6.45, 7) is 4.03. The lowest BCUT2D eigenvalue weighted by Crippen LogP contribution is -2.57. The van der Waals surface area contributed by atoms with Gasteiger partial charge in [0, 0.05) is 5.92 Å². The van der Waals surface area contributed by atoms with Crippen LogP contribution < -0.4 is 11.1 Å². The van der Waals surface area contributed by atoms with Crippen molar-refractivity contribution < 1.29 is 4.79 Å². The van der Waals surface area contributed by atoms with Gasteiger partial charge in [0.25, 0.3) is 0 Å². The number of hydrogen-bond acceptors (Lipinski definition) is 2. The van der Waals surface area contributed by atoms with Crippen molar-refractivity contribution in [3.63, 3.8) is 0 Å². The predicted octanol–water partition coefficient (Wildman–Crippen LogP) is 2.75. The first-order chi connectivity index (χ1) is 10.0. The number of rotatable bonds is 5. The van der Waals surface area contributed by atoms with E-state index in [0.717, 1.165) is 32.1 Å². The average Bonchev–Trinajstić information content (AvgIpc) is 2.51. The summed E-state index contributed by atoms with van der Waals surface area (Å²) in [5.74, 6) is 0.104. The van der Waals surface area contributed by atoms with E-state index >= 15 is 0 Å². The number of aryl methyl sites for hydroxylation is 1. The number of thiocarbonyl (C=S) groups is 1. The van der Waals surface area contributed by atoms with E-state index in [-0.39, 0.29) is 11.8 Å². The molecule has 1 aliphatic rings. The number of benzene rings is 1. The van der Waals surface area contributed by atoms with E-state index in [0.29, 0.717) is 4.99 Å². The van der Waals surface area contributed by atoms with Crippen molar-refractivity contribution >= 4 is 23.1 Å². The van der Waals surface area contributed by atoms with Gasteiger partial charge in [-0.3, -0.25) is 4.79 Å². The lowest BCUT2D eigenvalue weighted by molar-refractivity contribution is -0.126. The second-order valence-corrected chi connectivity index (χ2v) is 6.29. The second-order valence-electron chi connectivity index (χ2n) is 5.85. The topological polar surface area (TPSA) is 55.1 Å². The zero-order chi connectivity index (χ0) is 15.5. The molecular weight excluding hydrogens is 280 g/mol. The molecule has 0 bridgehead atoms. The van der Waals surface area contributed by atoms with Crippen LogP contribution >= 0.6 is 12.2 Å². The van der Waals surface area contributed by atoms with E-state index < -0.39 is 5.54 Å². The number of carbonyl (C=O) groups is 1. The predicted molar refractivity (Wildman–Crippen MR) is 90.2 cm³/mol. The van der Waals surface area contributed by atoms with E-state index in [1.807, 2.05) is 19.9 Å². The first-order valence-corrected chi connectivity index (χ1v) is 8.12. The van der Waals surface area contributed by atoms with Crippen LogP contribution in [-0.2, 0) is 17.6 Å². The molecule has 21 heavy (non-hydrogen) atoms. The highest BCUT2D eigenvalue weighted by Crippen LogP contribution is 2.26. The third-order valence-corrected chi connectivity index (χ3v) is 5.15.